The molecule has 1 rings (SSSR count). The highest BCUT2D eigenvalue weighted by Crippen LogP contribution is 2.28. The van der Waals surface area contributed by atoms with Crippen molar-refractivity contribution in [3.05, 3.63) is 27.7 Å². The second-order valence-electron chi connectivity index (χ2n) is 3.40. The molecule has 0 amide bonds. The van der Waals surface area contributed by atoms with E-state index >= 15 is 0 Å². The Morgan fingerprint density at radius 3 is 2.33 bits per heavy atom. The van der Waals surface area contributed by atoms with Crippen LogP contribution in [-0.2, 0) is 0 Å². The minimum absolute atomic E-state index is 0.541. The molecule has 0 saturated carbocycles. The van der Waals surface area contributed by atoms with Crippen LogP contribution in [0.2, 0.25) is 0 Å². The van der Waals surface area contributed by atoms with Crippen molar-refractivity contribution in [1.82, 2.24) is 0 Å². The molecule has 2 N–H and O–H groups in total. The standard InChI is InChI=1S/C10H14BrN/c1-6(2)8-4-7(3)10(11)9(12)5-8/h4-6H,12H2,1-3H3. The average Bonchev–Trinajstić information content (AvgIpc) is 1.99. The molecule has 1 aromatic carbocycles. The molecule has 0 aliphatic rings. The second-order valence-corrected chi connectivity index (χ2v) is 4.19. The summed E-state index contributed by atoms with van der Waals surface area (Å²) in [5.41, 5.74) is 9.15. The maximum Gasteiger partial charge on any atom is 0.0464 e. The van der Waals surface area contributed by atoms with E-state index in [1.54, 1.807) is 0 Å². The summed E-state index contributed by atoms with van der Waals surface area (Å²) < 4.78 is 1.02. The summed E-state index contributed by atoms with van der Waals surface area (Å²) >= 11 is 3.44. The molecule has 0 saturated heterocycles. The van der Waals surface area contributed by atoms with Gasteiger partial charge in [-0.25, -0.2) is 0 Å². The fraction of sp³-hybridized carbons (Fsp3) is 0.400. The number of rotatable bonds is 1. The normalized spacial score (nSPS) is 10.8. The molecule has 0 bridgehead atoms. The van der Waals surface area contributed by atoms with E-state index in [0.29, 0.717) is 5.92 Å². The smallest absolute Gasteiger partial charge is 0.0464 e. The van der Waals surface area contributed by atoms with Crippen molar-refractivity contribution in [2.45, 2.75) is 26.7 Å². The lowest BCUT2D eigenvalue weighted by Gasteiger charge is -2.09. The van der Waals surface area contributed by atoms with Crippen LogP contribution in [0.5, 0.6) is 0 Å². The topological polar surface area (TPSA) is 26.0 Å². The van der Waals surface area contributed by atoms with Crippen molar-refractivity contribution in [2.24, 2.45) is 0 Å². The zero-order chi connectivity index (χ0) is 9.30. The monoisotopic (exact) mass is 227 g/mol. The van der Waals surface area contributed by atoms with Crippen molar-refractivity contribution in [2.75, 3.05) is 5.73 Å². The van der Waals surface area contributed by atoms with E-state index in [9.17, 15) is 0 Å². The van der Waals surface area contributed by atoms with E-state index in [-0.39, 0.29) is 0 Å². The molecular weight excluding hydrogens is 214 g/mol. The van der Waals surface area contributed by atoms with Gasteiger partial charge in [-0.15, -0.1) is 0 Å². The van der Waals surface area contributed by atoms with Gasteiger partial charge in [0.1, 0.15) is 0 Å². The van der Waals surface area contributed by atoms with Crippen molar-refractivity contribution in [3.63, 3.8) is 0 Å². The van der Waals surface area contributed by atoms with Crippen molar-refractivity contribution >= 4 is 21.6 Å². The summed E-state index contributed by atoms with van der Waals surface area (Å²) in [5, 5.41) is 0. The number of hydrogen-bond donors (Lipinski definition) is 1. The van der Waals surface area contributed by atoms with Gasteiger partial charge in [0, 0.05) is 10.2 Å². The average molecular weight is 228 g/mol. The molecule has 1 aromatic rings. The Morgan fingerprint density at radius 2 is 1.92 bits per heavy atom. The zero-order valence-corrected chi connectivity index (χ0v) is 9.27. The fourth-order valence-electron chi connectivity index (χ4n) is 1.16. The van der Waals surface area contributed by atoms with Crippen molar-refractivity contribution < 1.29 is 0 Å². The van der Waals surface area contributed by atoms with Gasteiger partial charge in [0.15, 0.2) is 0 Å². The van der Waals surface area contributed by atoms with Crippen LogP contribution in [0.1, 0.15) is 30.9 Å². The molecule has 1 nitrogen and oxygen atoms in total. The molecule has 0 spiro atoms. The predicted molar refractivity (Wildman–Crippen MR) is 57.4 cm³/mol. The third kappa shape index (κ3) is 1.81. The maximum absolute atomic E-state index is 5.81. The Kier molecular flexibility index (Phi) is 2.78. The van der Waals surface area contributed by atoms with Crippen LogP contribution in [0.25, 0.3) is 0 Å². The van der Waals surface area contributed by atoms with Crippen LogP contribution in [0.15, 0.2) is 16.6 Å². The first-order valence-electron chi connectivity index (χ1n) is 4.08. The van der Waals surface area contributed by atoms with Gasteiger partial charge in [0.2, 0.25) is 0 Å². The summed E-state index contributed by atoms with van der Waals surface area (Å²) in [7, 11) is 0. The van der Waals surface area contributed by atoms with Crippen molar-refractivity contribution in [3.8, 4) is 0 Å². The number of nitrogen functional groups attached to an aromatic ring is 1. The van der Waals surface area contributed by atoms with Gasteiger partial charge in [-0.05, 0) is 46.0 Å². The lowest BCUT2D eigenvalue weighted by molar-refractivity contribution is 0.865. The number of hydrogen-bond acceptors (Lipinski definition) is 1. The highest BCUT2D eigenvalue weighted by molar-refractivity contribution is 9.10. The van der Waals surface area contributed by atoms with Gasteiger partial charge in [-0.2, -0.15) is 0 Å². The Labute approximate surface area is 82.1 Å². The fourth-order valence-corrected chi connectivity index (χ4v) is 1.39. The Hall–Kier alpha value is -0.500. The molecule has 0 atom stereocenters. The number of aryl methyl sites for hydroxylation is 1. The molecule has 0 aliphatic carbocycles. The van der Waals surface area contributed by atoms with Gasteiger partial charge >= 0.3 is 0 Å². The minimum atomic E-state index is 0.541. The van der Waals surface area contributed by atoms with Crippen LogP contribution in [0, 0.1) is 6.92 Å². The number of benzene rings is 1. The molecule has 0 heterocycles. The number of halogens is 1. The molecular formula is C10H14BrN. The molecule has 12 heavy (non-hydrogen) atoms. The van der Waals surface area contributed by atoms with Crippen LogP contribution >= 0.6 is 15.9 Å². The van der Waals surface area contributed by atoms with E-state index in [0.717, 1.165) is 10.2 Å². The molecule has 0 aliphatic heterocycles. The summed E-state index contributed by atoms with van der Waals surface area (Å²) in [5.74, 6) is 0.541. The van der Waals surface area contributed by atoms with Crippen LogP contribution < -0.4 is 5.73 Å². The molecule has 0 fully saturated rings. The van der Waals surface area contributed by atoms with E-state index in [2.05, 4.69) is 42.8 Å². The summed E-state index contributed by atoms with van der Waals surface area (Å²) in [6.07, 6.45) is 0. The molecule has 0 radical (unpaired) electrons. The maximum atomic E-state index is 5.81. The van der Waals surface area contributed by atoms with E-state index < -0.39 is 0 Å². The number of nitrogens with two attached hydrogens (primary N) is 1. The van der Waals surface area contributed by atoms with Gasteiger partial charge in [0.05, 0.1) is 0 Å². The Balaban J connectivity index is 3.21. The van der Waals surface area contributed by atoms with Gasteiger partial charge < -0.3 is 5.73 Å². The van der Waals surface area contributed by atoms with Gasteiger partial charge in [-0.3, -0.25) is 0 Å². The number of anilines is 1. The summed E-state index contributed by atoms with van der Waals surface area (Å²) in [6.45, 7) is 6.40. The summed E-state index contributed by atoms with van der Waals surface area (Å²) in [4.78, 5) is 0. The molecule has 2 heteroatoms. The first kappa shape index (κ1) is 9.59. The van der Waals surface area contributed by atoms with E-state index in [1.807, 2.05) is 6.07 Å². The van der Waals surface area contributed by atoms with Crippen LogP contribution in [-0.4, -0.2) is 0 Å². The van der Waals surface area contributed by atoms with Crippen molar-refractivity contribution in [1.29, 1.82) is 0 Å². The van der Waals surface area contributed by atoms with Gasteiger partial charge in [0.25, 0.3) is 0 Å². The molecule has 0 unspecified atom stereocenters. The lowest BCUT2D eigenvalue weighted by Crippen LogP contribution is -1.94. The highest BCUT2D eigenvalue weighted by Gasteiger charge is 2.04. The third-order valence-corrected chi connectivity index (χ3v) is 3.05. The van der Waals surface area contributed by atoms with Crippen LogP contribution in [0.3, 0.4) is 0 Å². The Bertz CT molecular complexity index is 269. The largest absolute Gasteiger partial charge is 0.398 e. The summed E-state index contributed by atoms with van der Waals surface area (Å²) in [6, 6.07) is 4.20. The zero-order valence-electron chi connectivity index (χ0n) is 7.69. The predicted octanol–water partition coefficient (Wildman–Crippen LogP) is 3.46. The Morgan fingerprint density at radius 1 is 1.33 bits per heavy atom. The third-order valence-electron chi connectivity index (χ3n) is 1.97. The lowest BCUT2D eigenvalue weighted by atomic mass is 10.0. The quantitative estimate of drug-likeness (QED) is 0.732. The first-order valence-corrected chi connectivity index (χ1v) is 4.87. The van der Waals surface area contributed by atoms with Gasteiger partial charge in [-0.1, -0.05) is 19.9 Å². The SMILES string of the molecule is Cc1cc(C(C)C)cc(N)c1Br. The minimum Gasteiger partial charge on any atom is -0.398 e. The molecule has 66 valence electrons. The molecule has 0 aromatic heterocycles. The van der Waals surface area contributed by atoms with E-state index in [4.69, 9.17) is 5.73 Å². The highest BCUT2D eigenvalue weighted by atomic mass is 79.9. The van der Waals surface area contributed by atoms with E-state index in [1.165, 1.54) is 11.1 Å². The first-order chi connectivity index (χ1) is 5.52. The second kappa shape index (κ2) is 3.48. The van der Waals surface area contributed by atoms with Crippen LogP contribution in [0.4, 0.5) is 5.69 Å².